The topological polar surface area (TPSA) is 78.4 Å². The predicted molar refractivity (Wildman–Crippen MR) is 77.0 cm³/mol. The molecule has 0 radical (unpaired) electrons. The zero-order chi connectivity index (χ0) is 16.0. The molecule has 0 heterocycles. The number of benzene rings is 1. The van der Waals surface area contributed by atoms with Gasteiger partial charge in [-0.2, -0.15) is 11.8 Å². The zero-order valence-electron chi connectivity index (χ0n) is 11.6. The highest BCUT2D eigenvalue weighted by atomic mass is 32.2. The fraction of sp³-hybridized carbons (Fsp3) is 0.385. The molecule has 116 valence electrons. The molecule has 2 amide bonds. The summed E-state index contributed by atoms with van der Waals surface area (Å²) < 4.78 is 26.2. The van der Waals surface area contributed by atoms with Crippen LogP contribution in [0.2, 0.25) is 0 Å². The molecule has 0 aromatic heterocycles. The van der Waals surface area contributed by atoms with Gasteiger partial charge in [-0.25, -0.2) is 8.78 Å². The quantitative estimate of drug-likeness (QED) is 0.711. The van der Waals surface area contributed by atoms with Crippen molar-refractivity contribution in [3.8, 4) is 0 Å². The highest BCUT2D eigenvalue weighted by molar-refractivity contribution is 7.98. The van der Waals surface area contributed by atoms with Crippen LogP contribution < -0.4 is 10.6 Å². The largest absolute Gasteiger partial charge is 0.387 e. The van der Waals surface area contributed by atoms with Crippen LogP contribution in [-0.2, 0) is 9.59 Å². The monoisotopic (exact) mass is 318 g/mol. The molecule has 0 aliphatic carbocycles. The summed E-state index contributed by atoms with van der Waals surface area (Å²) in [6, 6.07) is 2.50. The molecule has 0 bridgehead atoms. The summed E-state index contributed by atoms with van der Waals surface area (Å²) in [7, 11) is 0. The average molecular weight is 318 g/mol. The van der Waals surface area contributed by atoms with Crippen LogP contribution in [0.4, 0.5) is 14.5 Å². The van der Waals surface area contributed by atoms with Gasteiger partial charge >= 0.3 is 11.8 Å². The van der Waals surface area contributed by atoms with E-state index in [1.165, 1.54) is 18.7 Å². The summed E-state index contributed by atoms with van der Waals surface area (Å²) >= 11 is 1.38. The molecule has 3 N–H and O–H groups in total. The van der Waals surface area contributed by atoms with Gasteiger partial charge < -0.3 is 15.7 Å². The van der Waals surface area contributed by atoms with Crippen molar-refractivity contribution in [2.45, 2.75) is 12.5 Å². The fourth-order valence-electron chi connectivity index (χ4n) is 1.49. The number of hydrogen-bond donors (Lipinski definition) is 3. The Morgan fingerprint density at radius 2 is 2.00 bits per heavy atom. The van der Waals surface area contributed by atoms with E-state index in [0.717, 1.165) is 18.2 Å². The van der Waals surface area contributed by atoms with E-state index in [2.05, 4.69) is 5.32 Å². The number of nitrogens with one attached hydrogen (secondary N) is 2. The molecule has 0 spiro atoms. The molecule has 0 unspecified atom stereocenters. The molecule has 1 aromatic carbocycles. The maximum atomic E-state index is 13.3. The Labute approximate surface area is 125 Å². The van der Waals surface area contributed by atoms with Crippen LogP contribution in [0.1, 0.15) is 6.92 Å². The van der Waals surface area contributed by atoms with Crippen molar-refractivity contribution in [1.82, 2.24) is 5.32 Å². The van der Waals surface area contributed by atoms with Gasteiger partial charge in [0.1, 0.15) is 11.6 Å². The van der Waals surface area contributed by atoms with Crippen LogP contribution in [0.3, 0.4) is 0 Å². The molecular formula is C13H16F2N2O3S. The molecule has 1 aromatic rings. The summed E-state index contributed by atoms with van der Waals surface area (Å²) in [6.07, 6.45) is 1.79. The first-order valence-corrected chi connectivity index (χ1v) is 7.40. The van der Waals surface area contributed by atoms with Crippen molar-refractivity contribution in [2.24, 2.45) is 0 Å². The van der Waals surface area contributed by atoms with E-state index in [4.69, 9.17) is 0 Å². The second-order valence-corrected chi connectivity index (χ2v) is 5.56. The first-order valence-electron chi connectivity index (χ1n) is 6.01. The van der Waals surface area contributed by atoms with E-state index in [1.54, 1.807) is 6.26 Å². The third-order valence-electron chi connectivity index (χ3n) is 2.47. The molecule has 21 heavy (non-hydrogen) atoms. The summed E-state index contributed by atoms with van der Waals surface area (Å²) in [6.45, 7) is 1.37. The van der Waals surface area contributed by atoms with E-state index in [0.29, 0.717) is 5.75 Å². The van der Waals surface area contributed by atoms with E-state index < -0.39 is 34.7 Å². The van der Waals surface area contributed by atoms with Crippen molar-refractivity contribution < 1.29 is 23.5 Å². The standard InChI is InChI=1S/C13H16F2N2O3S/c1-13(20,7-21-2)6-16-11(18)12(19)17-10-5-8(14)3-4-9(10)15/h3-5,20H,6-7H2,1-2H3,(H,16,18)(H,17,19)/t13-/m1/s1. The van der Waals surface area contributed by atoms with Crippen molar-refractivity contribution in [2.75, 3.05) is 23.9 Å². The first kappa shape index (κ1) is 17.4. The lowest BCUT2D eigenvalue weighted by Gasteiger charge is -2.22. The van der Waals surface area contributed by atoms with E-state index in [9.17, 15) is 23.5 Å². The molecule has 0 saturated heterocycles. The number of amides is 2. The van der Waals surface area contributed by atoms with E-state index in [1.807, 2.05) is 5.32 Å². The maximum absolute atomic E-state index is 13.3. The molecule has 5 nitrogen and oxygen atoms in total. The van der Waals surface area contributed by atoms with Gasteiger partial charge in [0.15, 0.2) is 0 Å². The maximum Gasteiger partial charge on any atom is 0.313 e. The van der Waals surface area contributed by atoms with Crippen molar-refractivity contribution >= 4 is 29.3 Å². The Bertz CT molecular complexity index is 538. The normalized spacial score (nSPS) is 13.4. The third kappa shape index (κ3) is 5.68. The number of rotatable bonds is 5. The fourth-order valence-corrected chi connectivity index (χ4v) is 2.21. The minimum Gasteiger partial charge on any atom is -0.387 e. The van der Waals surface area contributed by atoms with E-state index in [-0.39, 0.29) is 6.54 Å². The smallest absolute Gasteiger partial charge is 0.313 e. The highest BCUT2D eigenvalue weighted by Gasteiger charge is 2.23. The lowest BCUT2D eigenvalue weighted by molar-refractivity contribution is -0.136. The van der Waals surface area contributed by atoms with Gasteiger partial charge in [-0.15, -0.1) is 0 Å². The Morgan fingerprint density at radius 3 is 2.62 bits per heavy atom. The summed E-state index contributed by atoms with van der Waals surface area (Å²) in [5.74, 6) is -3.41. The van der Waals surface area contributed by atoms with Crippen LogP contribution >= 0.6 is 11.8 Å². The molecule has 0 aliphatic heterocycles. The molecule has 0 aliphatic rings. The number of halogens is 2. The number of carbonyl (C=O) groups excluding carboxylic acids is 2. The SMILES string of the molecule is CSC[C@](C)(O)CNC(=O)C(=O)Nc1cc(F)ccc1F. The number of thioether (sulfide) groups is 1. The number of anilines is 1. The molecule has 1 rings (SSSR count). The second-order valence-electron chi connectivity index (χ2n) is 4.69. The van der Waals surface area contributed by atoms with Gasteiger partial charge in [-0.3, -0.25) is 9.59 Å². The third-order valence-corrected chi connectivity index (χ3v) is 3.38. The lowest BCUT2D eigenvalue weighted by Crippen LogP contribution is -2.46. The Morgan fingerprint density at radius 1 is 1.33 bits per heavy atom. The summed E-state index contributed by atoms with van der Waals surface area (Å²) in [4.78, 5) is 23.1. The van der Waals surface area contributed by atoms with Crippen molar-refractivity contribution in [3.05, 3.63) is 29.8 Å². The molecule has 1 atom stereocenters. The van der Waals surface area contributed by atoms with Gasteiger partial charge in [0.2, 0.25) is 0 Å². The molecule has 0 fully saturated rings. The number of hydrogen-bond acceptors (Lipinski definition) is 4. The Kier molecular flexibility index (Phi) is 6.10. The summed E-state index contributed by atoms with van der Waals surface area (Å²) in [5.41, 5.74) is -1.59. The minimum atomic E-state index is -1.17. The van der Waals surface area contributed by atoms with Crippen molar-refractivity contribution in [1.29, 1.82) is 0 Å². The Hall–Kier alpha value is -1.67. The van der Waals surface area contributed by atoms with Crippen LogP contribution in [0.25, 0.3) is 0 Å². The minimum absolute atomic E-state index is 0.133. The van der Waals surface area contributed by atoms with Gasteiger partial charge in [-0.05, 0) is 25.3 Å². The Balaban J connectivity index is 2.59. The molecule has 0 saturated carbocycles. The van der Waals surface area contributed by atoms with Gasteiger partial charge in [-0.1, -0.05) is 0 Å². The molecular weight excluding hydrogens is 302 g/mol. The number of aliphatic hydroxyl groups is 1. The summed E-state index contributed by atoms with van der Waals surface area (Å²) in [5, 5.41) is 14.0. The van der Waals surface area contributed by atoms with Gasteiger partial charge in [0.25, 0.3) is 0 Å². The highest BCUT2D eigenvalue weighted by Crippen LogP contribution is 2.15. The number of carbonyl (C=O) groups is 2. The van der Waals surface area contributed by atoms with Crippen LogP contribution in [0, 0.1) is 11.6 Å². The van der Waals surface area contributed by atoms with Gasteiger partial charge in [0, 0.05) is 18.4 Å². The van der Waals surface area contributed by atoms with Crippen LogP contribution in [0.5, 0.6) is 0 Å². The van der Waals surface area contributed by atoms with E-state index >= 15 is 0 Å². The van der Waals surface area contributed by atoms with Crippen LogP contribution in [0.15, 0.2) is 18.2 Å². The molecule has 8 heteroatoms. The van der Waals surface area contributed by atoms with Gasteiger partial charge in [0.05, 0.1) is 11.3 Å². The lowest BCUT2D eigenvalue weighted by atomic mass is 10.1. The average Bonchev–Trinajstić information content (AvgIpc) is 2.40. The van der Waals surface area contributed by atoms with Crippen molar-refractivity contribution in [3.63, 3.8) is 0 Å². The zero-order valence-corrected chi connectivity index (χ0v) is 12.4. The van der Waals surface area contributed by atoms with Crippen LogP contribution in [-0.4, -0.2) is 41.1 Å². The second kappa shape index (κ2) is 7.37. The predicted octanol–water partition coefficient (Wildman–Crippen LogP) is 1.13. The first-order chi connectivity index (χ1) is 9.75.